The first-order chi connectivity index (χ1) is 12.2. The Morgan fingerprint density at radius 1 is 0.560 bits per heavy atom. The van der Waals surface area contributed by atoms with Crippen molar-refractivity contribution >= 4 is 15.9 Å². The molecule has 0 saturated heterocycles. The van der Waals surface area contributed by atoms with E-state index >= 15 is 0 Å². The number of alkyl halides is 1. The molecule has 3 N–H and O–H groups in total. The van der Waals surface area contributed by atoms with Crippen LogP contribution in [-0.4, -0.2) is 53.7 Å². The topological polar surface area (TPSA) is 69.9 Å². The summed E-state index contributed by atoms with van der Waals surface area (Å²) >= 11 is 3.35. The zero-order valence-electron chi connectivity index (χ0n) is 16.9. The molecule has 0 radical (unpaired) electrons. The van der Waals surface area contributed by atoms with Crippen molar-refractivity contribution in [2.75, 3.05) is 38.4 Å². The predicted molar refractivity (Wildman–Crippen MR) is 113 cm³/mol. The number of hydrogen-bond donors (Lipinski definition) is 3. The van der Waals surface area contributed by atoms with Crippen LogP contribution in [0.15, 0.2) is 0 Å². The van der Waals surface area contributed by atoms with E-state index in [2.05, 4.69) is 29.8 Å². The lowest BCUT2D eigenvalue weighted by atomic mass is 10.2. The molecule has 0 fully saturated rings. The first-order valence-corrected chi connectivity index (χ1v) is 11.3. The van der Waals surface area contributed by atoms with Crippen molar-refractivity contribution in [2.45, 2.75) is 90.9 Å². The number of aliphatic hydroxyl groups is 3. The highest BCUT2D eigenvalue weighted by Gasteiger charge is 1.89. The summed E-state index contributed by atoms with van der Waals surface area (Å²) in [6.07, 6.45) is 13.4. The molecule has 0 aromatic heterocycles. The first-order valence-electron chi connectivity index (χ1n) is 10.2. The predicted octanol–water partition coefficient (Wildman–Crippen LogP) is 5.07. The Hall–Kier alpha value is 0.320. The summed E-state index contributed by atoms with van der Waals surface area (Å²) in [4.78, 5) is 0. The van der Waals surface area contributed by atoms with Gasteiger partial charge >= 0.3 is 0 Å². The highest BCUT2D eigenvalue weighted by molar-refractivity contribution is 9.09. The molecule has 0 saturated carbocycles. The van der Waals surface area contributed by atoms with Gasteiger partial charge in [0, 0.05) is 38.4 Å². The Kier molecular flexibility index (Phi) is 42.6. The first kappa shape index (κ1) is 30.1. The van der Waals surface area contributed by atoms with E-state index < -0.39 is 0 Å². The van der Waals surface area contributed by atoms with Gasteiger partial charge in [-0.3, -0.25) is 0 Å². The van der Waals surface area contributed by atoms with Gasteiger partial charge in [0.2, 0.25) is 0 Å². The lowest BCUT2D eigenvalue weighted by Crippen LogP contribution is -1.97. The number of rotatable bonds is 16. The number of hydrogen-bond acceptors (Lipinski definition) is 4. The molecule has 0 aliphatic heterocycles. The molecule has 0 bridgehead atoms. The van der Waals surface area contributed by atoms with Gasteiger partial charge in [0.05, 0.1) is 0 Å². The molecule has 0 aromatic carbocycles. The van der Waals surface area contributed by atoms with Crippen molar-refractivity contribution in [3.63, 3.8) is 0 Å². The van der Waals surface area contributed by atoms with Crippen LogP contribution < -0.4 is 0 Å². The van der Waals surface area contributed by atoms with Crippen LogP contribution in [0.5, 0.6) is 0 Å². The van der Waals surface area contributed by atoms with Crippen LogP contribution >= 0.6 is 15.9 Å². The lowest BCUT2D eigenvalue weighted by molar-refractivity contribution is 0.124. The minimum Gasteiger partial charge on any atom is -0.396 e. The molecule has 4 nitrogen and oxygen atoms in total. The van der Waals surface area contributed by atoms with Gasteiger partial charge in [0.15, 0.2) is 0 Å². The molecule has 0 aliphatic carbocycles. The molecule has 5 heteroatoms. The van der Waals surface area contributed by atoms with E-state index in [1.54, 1.807) is 0 Å². The molecular weight excluding hydrogens is 384 g/mol. The molecule has 0 aromatic rings. The Balaban J connectivity index is -0.000000317. The van der Waals surface area contributed by atoms with Crippen LogP contribution in [-0.2, 0) is 4.74 Å². The van der Waals surface area contributed by atoms with Gasteiger partial charge in [-0.15, -0.1) is 0 Å². The second-order valence-electron chi connectivity index (χ2n) is 6.01. The van der Waals surface area contributed by atoms with Gasteiger partial charge in [0.1, 0.15) is 0 Å². The summed E-state index contributed by atoms with van der Waals surface area (Å²) in [6, 6.07) is 0. The van der Waals surface area contributed by atoms with Crippen LogP contribution in [0, 0.1) is 0 Å². The summed E-state index contributed by atoms with van der Waals surface area (Å²) in [5.41, 5.74) is 0. The van der Waals surface area contributed by atoms with Crippen LogP contribution in [0.3, 0.4) is 0 Å². The molecular formula is C20H45BrO4. The number of aliphatic hydroxyl groups excluding tert-OH is 3. The van der Waals surface area contributed by atoms with Crippen molar-refractivity contribution in [3.8, 4) is 0 Å². The van der Waals surface area contributed by atoms with Gasteiger partial charge in [-0.05, 0) is 51.4 Å². The third-order valence-corrected chi connectivity index (χ3v) is 3.95. The van der Waals surface area contributed by atoms with Gasteiger partial charge in [-0.1, -0.05) is 55.5 Å². The fraction of sp³-hybridized carbons (Fsp3) is 1.00. The number of ether oxygens (including phenoxy) is 1. The van der Waals surface area contributed by atoms with Crippen molar-refractivity contribution in [1.29, 1.82) is 0 Å². The van der Waals surface area contributed by atoms with Gasteiger partial charge in [0.25, 0.3) is 0 Å². The monoisotopic (exact) mass is 428 g/mol. The van der Waals surface area contributed by atoms with E-state index in [1.165, 1.54) is 43.9 Å². The second-order valence-corrected chi connectivity index (χ2v) is 6.80. The third kappa shape index (κ3) is 45.5. The zero-order valence-corrected chi connectivity index (χ0v) is 18.4. The molecule has 0 amide bonds. The minimum atomic E-state index is 0.250. The standard InChI is InChI=1S/C10H22O2.C5H11Br.C5H12O2/c1-2-3-6-9-12-10-7-4-5-8-11;1-2-3-4-5-6;6-4-2-1-3-5-7/h11H,2-10H2,1H3;2-5H2,1H3;6-7H,1-5H2. The summed E-state index contributed by atoms with van der Waals surface area (Å²) in [5, 5.41) is 26.1. The van der Waals surface area contributed by atoms with E-state index in [9.17, 15) is 0 Å². The molecule has 0 spiro atoms. The van der Waals surface area contributed by atoms with Gasteiger partial charge < -0.3 is 20.1 Å². The van der Waals surface area contributed by atoms with Crippen molar-refractivity contribution < 1.29 is 20.1 Å². The molecule has 156 valence electrons. The van der Waals surface area contributed by atoms with E-state index in [1.807, 2.05) is 0 Å². The summed E-state index contributed by atoms with van der Waals surface area (Å²) in [6.45, 7) is 7.00. The van der Waals surface area contributed by atoms with E-state index in [0.717, 1.165) is 51.7 Å². The molecule has 0 rings (SSSR count). The summed E-state index contributed by atoms with van der Waals surface area (Å²) < 4.78 is 5.40. The van der Waals surface area contributed by atoms with E-state index in [4.69, 9.17) is 20.1 Å². The fourth-order valence-electron chi connectivity index (χ4n) is 1.79. The Morgan fingerprint density at radius 2 is 0.960 bits per heavy atom. The van der Waals surface area contributed by atoms with Gasteiger partial charge in [-0.2, -0.15) is 0 Å². The quantitative estimate of drug-likeness (QED) is 0.237. The SMILES string of the molecule is CCCCCBr.CCCCCOCCCCCO.OCCCCCO. The van der Waals surface area contributed by atoms with Crippen LogP contribution in [0.25, 0.3) is 0 Å². The molecule has 0 heterocycles. The summed E-state index contributed by atoms with van der Waals surface area (Å²) in [5.74, 6) is 0. The maximum atomic E-state index is 8.50. The van der Waals surface area contributed by atoms with Crippen molar-refractivity contribution in [3.05, 3.63) is 0 Å². The Morgan fingerprint density at radius 3 is 1.32 bits per heavy atom. The van der Waals surface area contributed by atoms with Crippen LogP contribution in [0.2, 0.25) is 0 Å². The largest absolute Gasteiger partial charge is 0.396 e. The Bertz CT molecular complexity index is 165. The lowest BCUT2D eigenvalue weighted by Gasteiger charge is -2.02. The van der Waals surface area contributed by atoms with Crippen LogP contribution in [0.1, 0.15) is 90.9 Å². The smallest absolute Gasteiger partial charge is 0.0466 e. The minimum absolute atomic E-state index is 0.250. The maximum absolute atomic E-state index is 8.50. The molecule has 0 atom stereocenters. The fourth-order valence-corrected chi connectivity index (χ4v) is 2.19. The van der Waals surface area contributed by atoms with Crippen molar-refractivity contribution in [2.24, 2.45) is 0 Å². The average molecular weight is 429 g/mol. The number of unbranched alkanes of at least 4 members (excludes halogenated alkanes) is 8. The maximum Gasteiger partial charge on any atom is 0.0466 e. The highest BCUT2D eigenvalue weighted by atomic mass is 79.9. The molecule has 0 unspecified atom stereocenters. The number of halogens is 1. The van der Waals surface area contributed by atoms with Crippen LogP contribution in [0.4, 0.5) is 0 Å². The van der Waals surface area contributed by atoms with Crippen molar-refractivity contribution in [1.82, 2.24) is 0 Å². The molecule has 25 heavy (non-hydrogen) atoms. The average Bonchev–Trinajstić information content (AvgIpc) is 2.64. The highest BCUT2D eigenvalue weighted by Crippen LogP contribution is 1.98. The zero-order chi connectivity index (χ0) is 19.4. The third-order valence-electron chi connectivity index (χ3n) is 3.39. The van der Waals surface area contributed by atoms with E-state index in [-0.39, 0.29) is 13.2 Å². The van der Waals surface area contributed by atoms with Gasteiger partial charge in [-0.25, -0.2) is 0 Å². The van der Waals surface area contributed by atoms with E-state index in [0.29, 0.717) is 6.61 Å². The normalized spacial score (nSPS) is 9.84. The Labute approximate surface area is 165 Å². The second kappa shape index (κ2) is 35.4. The molecule has 0 aliphatic rings. The summed E-state index contributed by atoms with van der Waals surface area (Å²) in [7, 11) is 0.